The second-order valence-electron chi connectivity index (χ2n) is 3.55. The van der Waals surface area contributed by atoms with Crippen LogP contribution in [0.2, 0.25) is 0 Å². The van der Waals surface area contributed by atoms with Gasteiger partial charge in [-0.15, -0.1) is 0 Å². The molecule has 2 rings (SSSR count). The van der Waals surface area contributed by atoms with Crippen molar-refractivity contribution in [3.8, 4) is 5.75 Å². The van der Waals surface area contributed by atoms with E-state index >= 15 is 0 Å². The zero-order valence-corrected chi connectivity index (χ0v) is 11.9. The molecule has 0 aromatic heterocycles. The topological polar surface area (TPSA) is 49.4 Å². The van der Waals surface area contributed by atoms with E-state index in [9.17, 15) is 9.90 Å². The van der Waals surface area contributed by atoms with Crippen molar-refractivity contribution in [1.82, 2.24) is 0 Å². The Morgan fingerprint density at radius 2 is 1.61 bits per heavy atom. The Hall–Kier alpha value is -1.50. The van der Waals surface area contributed by atoms with Gasteiger partial charge in [-0.3, -0.25) is 0 Å². The minimum atomic E-state index is -1.21. The first-order chi connectivity index (χ1) is 8.74. The Morgan fingerprint density at radius 1 is 1.00 bits per heavy atom. The molecule has 0 atom stereocenters. The molecule has 0 fully saturated rings. The van der Waals surface area contributed by atoms with Crippen molar-refractivity contribution in [3.05, 3.63) is 54.6 Å². The average molecular weight is 355 g/mol. The van der Waals surface area contributed by atoms with Crippen molar-refractivity contribution >= 4 is 34.1 Å². The van der Waals surface area contributed by atoms with Gasteiger partial charge in [0.15, 0.2) is 0 Å². The molecule has 4 heteroatoms. The van der Waals surface area contributed by atoms with Crippen LogP contribution in [0.1, 0.15) is 0 Å². The quantitative estimate of drug-likeness (QED) is 0.678. The van der Waals surface area contributed by atoms with Crippen LogP contribution in [-0.2, 0) is 4.79 Å². The number of carboxylic acids is 1. The zero-order valence-electron chi connectivity index (χ0n) is 9.54. The molecule has 0 N–H and O–H groups in total. The Kier molecular flexibility index (Phi) is 4.63. The van der Waals surface area contributed by atoms with E-state index < -0.39 is 12.6 Å². The van der Waals surface area contributed by atoms with E-state index in [1.54, 1.807) is 12.1 Å². The van der Waals surface area contributed by atoms with Gasteiger partial charge < -0.3 is 0 Å². The fraction of sp³-hybridized carbons (Fsp3) is 0.0714. The van der Waals surface area contributed by atoms with Crippen molar-refractivity contribution in [1.29, 1.82) is 0 Å². The maximum atomic E-state index is 10.3. The molecule has 92 valence electrons. The summed E-state index contributed by atoms with van der Waals surface area (Å²) < 4.78 is 7.68. The zero-order chi connectivity index (χ0) is 12.8. The first kappa shape index (κ1) is 12.9. The van der Waals surface area contributed by atoms with E-state index in [2.05, 4.69) is 12.1 Å². The second-order valence-corrected chi connectivity index (χ2v) is 6.82. The molecule has 0 unspecified atom stereocenters. The number of carbonyl (C=O) groups is 1. The number of hydrogen-bond donors (Lipinski definition) is 0. The van der Waals surface area contributed by atoms with Crippen LogP contribution in [0.4, 0.5) is 0 Å². The third-order valence-corrected chi connectivity index (χ3v) is 5.06. The molecule has 0 radical (unpaired) electrons. The molecule has 0 saturated carbocycles. The van der Waals surface area contributed by atoms with Crippen LogP contribution in [-0.4, -0.2) is 33.5 Å². The van der Waals surface area contributed by atoms with Gasteiger partial charge in [-0.1, -0.05) is 0 Å². The van der Waals surface area contributed by atoms with Crippen LogP contribution in [0.3, 0.4) is 0 Å². The van der Waals surface area contributed by atoms with Crippen molar-refractivity contribution in [2.24, 2.45) is 0 Å². The summed E-state index contributed by atoms with van der Waals surface area (Å²) in [6.45, 7) is -0.408. The molecule has 0 bridgehead atoms. The van der Waals surface area contributed by atoms with Crippen LogP contribution in [0.5, 0.6) is 5.75 Å². The van der Waals surface area contributed by atoms with Gasteiger partial charge in [0, 0.05) is 0 Å². The molecule has 0 aliphatic carbocycles. The van der Waals surface area contributed by atoms with E-state index in [1.165, 1.54) is 7.22 Å². The van der Waals surface area contributed by atoms with Crippen LogP contribution in [0.25, 0.3) is 0 Å². The summed E-state index contributed by atoms with van der Waals surface area (Å²) in [5.41, 5.74) is 0. The summed E-state index contributed by atoms with van der Waals surface area (Å²) in [5, 5.41) is 10.3. The summed E-state index contributed by atoms with van der Waals surface area (Å²) in [4.78, 5) is 10.3. The first-order valence-electron chi connectivity index (χ1n) is 5.39. The number of benzene rings is 2. The van der Waals surface area contributed by atoms with Crippen molar-refractivity contribution in [2.45, 2.75) is 0 Å². The fourth-order valence-electron chi connectivity index (χ4n) is 1.37. The first-order valence-corrected chi connectivity index (χ1v) is 7.73. The minimum absolute atomic E-state index is 0.380. The van der Waals surface area contributed by atoms with Crippen molar-refractivity contribution in [2.75, 3.05) is 6.61 Å². The molecule has 0 spiro atoms. The summed E-state index contributed by atoms with van der Waals surface area (Å²) >= 11 is -0.380. The van der Waals surface area contributed by atoms with Crippen LogP contribution in [0, 0.1) is 0 Å². The Morgan fingerprint density at radius 3 is 2.22 bits per heavy atom. The number of rotatable bonds is 5. The standard InChI is InChI=1S/C14H12O3Te/c15-14(16)10-17-11-6-8-13(9-7-11)18-12-4-2-1-3-5-12/h1-9H,10H2,(H,15,16)/p-1. The van der Waals surface area contributed by atoms with E-state index in [0.717, 1.165) is 0 Å². The van der Waals surface area contributed by atoms with E-state index in [1.807, 2.05) is 30.3 Å². The molecule has 0 saturated heterocycles. The van der Waals surface area contributed by atoms with Crippen molar-refractivity contribution < 1.29 is 14.6 Å². The molecular formula is C14H11O3Te-. The third kappa shape index (κ3) is 4.06. The number of hydrogen-bond acceptors (Lipinski definition) is 3. The van der Waals surface area contributed by atoms with Gasteiger partial charge in [0.25, 0.3) is 0 Å². The van der Waals surface area contributed by atoms with Crippen LogP contribution >= 0.6 is 0 Å². The molecule has 0 heterocycles. The third-order valence-electron chi connectivity index (χ3n) is 2.16. The summed E-state index contributed by atoms with van der Waals surface area (Å²) in [6.07, 6.45) is 0. The molecule has 0 amide bonds. The van der Waals surface area contributed by atoms with Gasteiger partial charge in [0.2, 0.25) is 0 Å². The Labute approximate surface area is 115 Å². The molecule has 2 aromatic rings. The molecule has 3 nitrogen and oxygen atoms in total. The van der Waals surface area contributed by atoms with E-state index in [4.69, 9.17) is 4.74 Å². The number of carboxylic acid groups (broad SMARTS) is 1. The van der Waals surface area contributed by atoms with Gasteiger partial charge >= 0.3 is 116 Å². The summed E-state index contributed by atoms with van der Waals surface area (Å²) in [7, 11) is 0. The summed E-state index contributed by atoms with van der Waals surface area (Å²) in [5.74, 6) is -0.652. The molecule has 0 aliphatic heterocycles. The predicted octanol–water partition coefficient (Wildman–Crippen LogP) is -0.530. The number of aliphatic carboxylic acids is 1. The van der Waals surface area contributed by atoms with Crippen LogP contribution in [0.15, 0.2) is 54.6 Å². The molecule has 0 aliphatic rings. The van der Waals surface area contributed by atoms with Gasteiger partial charge in [0.1, 0.15) is 0 Å². The molecule has 18 heavy (non-hydrogen) atoms. The monoisotopic (exact) mass is 357 g/mol. The van der Waals surface area contributed by atoms with E-state index in [-0.39, 0.29) is 20.9 Å². The van der Waals surface area contributed by atoms with Gasteiger partial charge in [-0.25, -0.2) is 0 Å². The molecule has 2 aromatic carbocycles. The number of ether oxygens (including phenoxy) is 1. The van der Waals surface area contributed by atoms with Crippen LogP contribution < -0.4 is 17.1 Å². The summed E-state index contributed by atoms with van der Waals surface area (Å²) in [6, 6.07) is 17.9. The predicted molar refractivity (Wildman–Crippen MR) is 68.4 cm³/mol. The molecular weight excluding hydrogens is 344 g/mol. The van der Waals surface area contributed by atoms with E-state index in [0.29, 0.717) is 5.75 Å². The second kappa shape index (κ2) is 6.44. The fourth-order valence-corrected chi connectivity index (χ4v) is 3.76. The normalized spacial score (nSPS) is 10.0. The van der Waals surface area contributed by atoms with Crippen molar-refractivity contribution in [3.63, 3.8) is 0 Å². The van der Waals surface area contributed by atoms with Gasteiger partial charge in [0.05, 0.1) is 0 Å². The SMILES string of the molecule is O=C([O-])COc1ccc([Te]c2ccccc2)cc1. The van der Waals surface area contributed by atoms with Gasteiger partial charge in [-0.2, -0.15) is 0 Å². The Bertz CT molecular complexity index is 508. The Balaban J connectivity index is 1.97. The number of carbonyl (C=O) groups excluding carboxylic acids is 1. The maximum absolute atomic E-state index is 10.3. The van der Waals surface area contributed by atoms with Gasteiger partial charge in [-0.05, 0) is 0 Å². The average Bonchev–Trinajstić information content (AvgIpc) is 2.39.